The number of rotatable bonds is 3. The molecule has 92 valence electrons. The van der Waals surface area contributed by atoms with Crippen molar-refractivity contribution in [3.63, 3.8) is 0 Å². The number of carbonyl (C=O) groups excluding carboxylic acids is 1. The summed E-state index contributed by atoms with van der Waals surface area (Å²) in [6, 6.07) is 9.17. The molecule has 0 saturated carbocycles. The van der Waals surface area contributed by atoms with Crippen LogP contribution >= 0.6 is 0 Å². The first kappa shape index (κ1) is 12.1. The van der Waals surface area contributed by atoms with Gasteiger partial charge in [0.1, 0.15) is 0 Å². The number of anilines is 1. The van der Waals surface area contributed by atoms with E-state index in [0.29, 0.717) is 17.8 Å². The van der Waals surface area contributed by atoms with Gasteiger partial charge in [0.2, 0.25) is 0 Å². The van der Waals surface area contributed by atoms with Crippen LogP contribution in [0.15, 0.2) is 42.7 Å². The van der Waals surface area contributed by atoms with E-state index in [-0.39, 0.29) is 5.91 Å². The van der Waals surface area contributed by atoms with E-state index in [1.807, 2.05) is 31.2 Å². The molecule has 0 aliphatic rings. The predicted octanol–water partition coefficient (Wildman–Crippen LogP) is 1.90. The largest absolute Gasteiger partial charge is 0.398 e. The van der Waals surface area contributed by atoms with Gasteiger partial charge in [-0.15, -0.1) is 0 Å². The van der Waals surface area contributed by atoms with Crippen molar-refractivity contribution in [1.29, 1.82) is 0 Å². The molecule has 1 heterocycles. The van der Waals surface area contributed by atoms with Crippen molar-refractivity contribution in [2.24, 2.45) is 0 Å². The number of hydrogen-bond donors (Lipinski definition) is 2. The maximum absolute atomic E-state index is 12.1. The summed E-state index contributed by atoms with van der Waals surface area (Å²) in [6.45, 7) is 2.34. The van der Waals surface area contributed by atoms with Crippen LogP contribution in [0.2, 0.25) is 0 Å². The fourth-order valence-electron chi connectivity index (χ4n) is 1.77. The highest BCUT2D eigenvalue weighted by atomic mass is 16.1. The molecule has 0 aliphatic heterocycles. The lowest BCUT2D eigenvalue weighted by Gasteiger charge is -2.10. The molecule has 0 bridgehead atoms. The topological polar surface area (TPSA) is 68.0 Å². The van der Waals surface area contributed by atoms with E-state index in [9.17, 15) is 4.79 Å². The first-order chi connectivity index (χ1) is 8.68. The minimum absolute atomic E-state index is 0.151. The van der Waals surface area contributed by atoms with Gasteiger partial charge in [0.15, 0.2) is 0 Å². The standard InChI is InChI=1S/C14H15N3O/c1-10-3-2-4-12(15)13(10)14(18)17-9-11-5-7-16-8-6-11/h2-8H,9,15H2,1H3,(H,17,18). The molecule has 0 saturated heterocycles. The number of aromatic nitrogens is 1. The van der Waals surface area contributed by atoms with Gasteiger partial charge in [-0.05, 0) is 36.2 Å². The molecule has 4 nitrogen and oxygen atoms in total. The van der Waals surface area contributed by atoms with Gasteiger partial charge < -0.3 is 11.1 Å². The summed E-state index contributed by atoms with van der Waals surface area (Å²) >= 11 is 0. The van der Waals surface area contributed by atoms with E-state index >= 15 is 0 Å². The molecule has 18 heavy (non-hydrogen) atoms. The van der Waals surface area contributed by atoms with E-state index in [1.54, 1.807) is 18.5 Å². The van der Waals surface area contributed by atoms with Gasteiger partial charge in [-0.3, -0.25) is 9.78 Å². The first-order valence-electron chi connectivity index (χ1n) is 5.70. The van der Waals surface area contributed by atoms with Crippen LogP contribution in [0.3, 0.4) is 0 Å². The molecule has 1 amide bonds. The number of benzene rings is 1. The maximum atomic E-state index is 12.1. The van der Waals surface area contributed by atoms with Gasteiger partial charge in [-0.2, -0.15) is 0 Å². The fraction of sp³-hybridized carbons (Fsp3) is 0.143. The van der Waals surface area contributed by atoms with Crippen molar-refractivity contribution in [1.82, 2.24) is 10.3 Å². The van der Waals surface area contributed by atoms with E-state index in [4.69, 9.17) is 5.73 Å². The van der Waals surface area contributed by atoms with E-state index < -0.39 is 0 Å². The molecule has 2 rings (SSSR count). The SMILES string of the molecule is Cc1cccc(N)c1C(=O)NCc1ccncc1. The van der Waals surface area contributed by atoms with Gasteiger partial charge in [-0.25, -0.2) is 0 Å². The number of nitrogen functional groups attached to an aromatic ring is 1. The lowest BCUT2D eigenvalue weighted by Crippen LogP contribution is -2.24. The normalized spacial score (nSPS) is 10.1. The molecule has 4 heteroatoms. The Morgan fingerprint density at radius 1 is 1.28 bits per heavy atom. The number of hydrogen-bond acceptors (Lipinski definition) is 3. The van der Waals surface area contributed by atoms with Crippen LogP contribution in [-0.4, -0.2) is 10.9 Å². The highest BCUT2D eigenvalue weighted by Gasteiger charge is 2.11. The van der Waals surface area contributed by atoms with Crippen molar-refractivity contribution in [2.75, 3.05) is 5.73 Å². The summed E-state index contributed by atoms with van der Waals surface area (Å²) in [4.78, 5) is 16.0. The number of pyridine rings is 1. The summed E-state index contributed by atoms with van der Waals surface area (Å²) in [5.41, 5.74) is 8.75. The molecule has 2 aromatic rings. The molecule has 0 atom stereocenters. The summed E-state index contributed by atoms with van der Waals surface area (Å²) in [7, 11) is 0. The minimum atomic E-state index is -0.151. The Balaban J connectivity index is 2.09. The lowest BCUT2D eigenvalue weighted by molar-refractivity contribution is 0.0951. The number of nitrogens with one attached hydrogen (secondary N) is 1. The monoisotopic (exact) mass is 241 g/mol. The quantitative estimate of drug-likeness (QED) is 0.806. The van der Waals surface area contributed by atoms with Crippen LogP contribution in [0.5, 0.6) is 0 Å². The lowest BCUT2D eigenvalue weighted by atomic mass is 10.1. The van der Waals surface area contributed by atoms with Crippen LogP contribution in [0.1, 0.15) is 21.5 Å². The summed E-state index contributed by atoms with van der Waals surface area (Å²) < 4.78 is 0. The highest BCUT2D eigenvalue weighted by Crippen LogP contribution is 2.15. The Morgan fingerprint density at radius 2 is 2.00 bits per heavy atom. The molecule has 1 aromatic heterocycles. The van der Waals surface area contributed by atoms with Crippen LogP contribution in [0.4, 0.5) is 5.69 Å². The summed E-state index contributed by atoms with van der Waals surface area (Å²) in [6.07, 6.45) is 3.40. The van der Waals surface area contributed by atoms with Gasteiger partial charge in [0, 0.05) is 24.6 Å². The zero-order valence-corrected chi connectivity index (χ0v) is 10.2. The van der Waals surface area contributed by atoms with Crippen molar-refractivity contribution in [3.05, 3.63) is 59.4 Å². The third-order valence-corrected chi connectivity index (χ3v) is 2.73. The molecular weight excluding hydrogens is 226 g/mol. The van der Waals surface area contributed by atoms with E-state index in [2.05, 4.69) is 10.3 Å². The fourth-order valence-corrected chi connectivity index (χ4v) is 1.77. The van der Waals surface area contributed by atoms with Crippen LogP contribution in [-0.2, 0) is 6.54 Å². The summed E-state index contributed by atoms with van der Waals surface area (Å²) in [5.74, 6) is -0.151. The van der Waals surface area contributed by atoms with Crippen molar-refractivity contribution < 1.29 is 4.79 Å². The zero-order chi connectivity index (χ0) is 13.0. The summed E-state index contributed by atoms with van der Waals surface area (Å²) in [5, 5.41) is 2.85. The minimum Gasteiger partial charge on any atom is -0.398 e. The Hall–Kier alpha value is -2.36. The second kappa shape index (κ2) is 5.31. The molecule has 0 fully saturated rings. The number of aryl methyl sites for hydroxylation is 1. The van der Waals surface area contributed by atoms with E-state index in [1.165, 1.54) is 0 Å². The highest BCUT2D eigenvalue weighted by molar-refractivity contribution is 6.00. The average molecular weight is 241 g/mol. The molecule has 3 N–H and O–H groups in total. The van der Waals surface area contributed by atoms with Crippen molar-refractivity contribution in [2.45, 2.75) is 13.5 Å². The first-order valence-corrected chi connectivity index (χ1v) is 5.70. The average Bonchev–Trinajstić information content (AvgIpc) is 2.37. The number of nitrogens with zero attached hydrogens (tertiary/aromatic N) is 1. The molecule has 1 aromatic carbocycles. The predicted molar refractivity (Wildman–Crippen MR) is 71.0 cm³/mol. The van der Waals surface area contributed by atoms with Crippen LogP contribution in [0, 0.1) is 6.92 Å². The van der Waals surface area contributed by atoms with Gasteiger partial charge >= 0.3 is 0 Å². The Labute approximate surface area is 106 Å². The smallest absolute Gasteiger partial charge is 0.253 e. The second-order valence-corrected chi connectivity index (χ2v) is 4.08. The maximum Gasteiger partial charge on any atom is 0.253 e. The number of amides is 1. The Bertz CT molecular complexity index is 532. The van der Waals surface area contributed by atoms with Crippen molar-refractivity contribution >= 4 is 11.6 Å². The Kier molecular flexibility index (Phi) is 3.57. The molecule has 0 radical (unpaired) electrons. The van der Waals surface area contributed by atoms with Gasteiger partial charge in [-0.1, -0.05) is 12.1 Å². The van der Waals surface area contributed by atoms with Gasteiger partial charge in [0.05, 0.1) is 5.56 Å². The van der Waals surface area contributed by atoms with Gasteiger partial charge in [0.25, 0.3) is 5.91 Å². The Morgan fingerprint density at radius 3 is 2.67 bits per heavy atom. The molecule has 0 aliphatic carbocycles. The van der Waals surface area contributed by atoms with Crippen molar-refractivity contribution in [3.8, 4) is 0 Å². The van der Waals surface area contributed by atoms with Crippen LogP contribution < -0.4 is 11.1 Å². The molecule has 0 unspecified atom stereocenters. The van der Waals surface area contributed by atoms with E-state index in [0.717, 1.165) is 11.1 Å². The molecular formula is C14H15N3O. The number of nitrogens with two attached hydrogens (primary N) is 1. The number of carbonyl (C=O) groups is 1. The third-order valence-electron chi connectivity index (χ3n) is 2.73. The third kappa shape index (κ3) is 2.66. The zero-order valence-electron chi connectivity index (χ0n) is 10.2. The molecule has 0 spiro atoms. The van der Waals surface area contributed by atoms with Crippen LogP contribution in [0.25, 0.3) is 0 Å². The second-order valence-electron chi connectivity index (χ2n) is 4.08.